The van der Waals surface area contributed by atoms with Crippen LogP contribution in [0, 0.1) is 5.92 Å². The van der Waals surface area contributed by atoms with Crippen LogP contribution in [0.2, 0.25) is 0 Å². The second-order valence-electron chi connectivity index (χ2n) is 6.42. The molecule has 1 saturated heterocycles. The van der Waals surface area contributed by atoms with Gasteiger partial charge in [0.1, 0.15) is 0 Å². The highest BCUT2D eigenvalue weighted by molar-refractivity contribution is 7.89. The molecule has 0 radical (unpaired) electrons. The lowest BCUT2D eigenvalue weighted by molar-refractivity contribution is -0.126. The SMILES string of the molecule is CCc1ccc(S(=O)(=O)N2CCCC(C(=O)NCCN)C2)cc1CC. The van der Waals surface area contributed by atoms with Crippen LogP contribution in [0.3, 0.4) is 0 Å². The lowest BCUT2D eigenvalue weighted by Gasteiger charge is -2.31. The maximum atomic E-state index is 13.0. The van der Waals surface area contributed by atoms with Crippen molar-refractivity contribution in [2.45, 2.75) is 44.4 Å². The van der Waals surface area contributed by atoms with Crippen LogP contribution < -0.4 is 11.1 Å². The van der Waals surface area contributed by atoms with Crippen molar-refractivity contribution in [2.75, 3.05) is 26.2 Å². The van der Waals surface area contributed by atoms with Crippen LogP contribution in [0.4, 0.5) is 0 Å². The summed E-state index contributed by atoms with van der Waals surface area (Å²) < 4.78 is 27.5. The van der Waals surface area contributed by atoms with E-state index in [1.54, 1.807) is 12.1 Å². The molecule has 1 heterocycles. The number of sulfonamides is 1. The monoisotopic (exact) mass is 367 g/mol. The first-order valence-electron chi connectivity index (χ1n) is 9.03. The first-order chi connectivity index (χ1) is 11.9. The first kappa shape index (κ1) is 19.9. The lowest BCUT2D eigenvalue weighted by atomic mass is 9.99. The molecule has 1 amide bonds. The molecule has 1 aliphatic heterocycles. The Balaban J connectivity index is 2.20. The Labute approximate surface area is 150 Å². The standard InChI is InChI=1S/C18H29N3O3S/c1-3-14-7-8-17(12-15(14)4-2)25(23,24)21-11-5-6-16(13-21)18(22)20-10-9-19/h7-8,12,16H,3-6,9-11,13,19H2,1-2H3,(H,20,22). The lowest BCUT2D eigenvalue weighted by Crippen LogP contribution is -2.46. The predicted octanol–water partition coefficient (Wildman–Crippen LogP) is 1.29. The van der Waals surface area contributed by atoms with Crippen molar-refractivity contribution in [3.05, 3.63) is 29.3 Å². The molecule has 1 fully saturated rings. The molecule has 1 atom stereocenters. The van der Waals surface area contributed by atoms with Crippen molar-refractivity contribution in [1.29, 1.82) is 0 Å². The van der Waals surface area contributed by atoms with E-state index in [0.717, 1.165) is 18.4 Å². The van der Waals surface area contributed by atoms with Gasteiger partial charge >= 0.3 is 0 Å². The number of piperidine rings is 1. The molecular formula is C18H29N3O3S. The molecule has 3 N–H and O–H groups in total. The van der Waals surface area contributed by atoms with E-state index in [0.29, 0.717) is 37.4 Å². The molecule has 1 aliphatic rings. The van der Waals surface area contributed by atoms with Crippen LogP contribution in [0.15, 0.2) is 23.1 Å². The number of nitrogens with one attached hydrogen (secondary N) is 1. The highest BCUT2D eigenvalue weighted by Crippen LogP contribution is 2.25. The van der Waals surface area contributed by atoms with Gasteiger partial charge in [-0.2, -0.15) is 4.31 Å². The molecule has 140 valence electrons. The summed E-state index contributed by atoms with van der Waals surface area (Å²) in [4.78, 5) is 12.5. The minimum atomic E-state index is -3.58. The van der Waals surface area contributed by atoms with E-state index < -0.39 is 10.0 Å². The average Bonchev–Trinajstić information content (AvgIpc) is 2.65. The molecule has 6 nitrogen and oxygen atoms in total. The van der Waals surface area contributed by atoms with E-state index in [9.17, 15) is 13.2 Å². The third-order valence-electron chi connectivity index (χ3n) is 4.78. The highest BCUT2D eigenvalue weighted by atomic mass is 32.2. The van der Waals surface area contributed by atoms with E-state index in [1.165, 1.54) is 9.87 Å². The first-order valence-corrected chi connectivity index (χ1v) is 10.5. The van der Waals surface area contributed by atoms with Gasteiger partial charge in [-0.1, -0.05) is 19.9 Å². The topological polar surface area (TPSA) is 92.5 Å². The van der Waals surface area contributed by atoms with Gasteiger partial charge < -0.3 is 11.1 Å². The zero-order valence-electron chi connectivity index (χ0n) is 15.1. The van der Waals surface area contributed by atoms with Crippen molar-refractivity contribution < 1.29 is 13.2 Å². The van der Waals surface area contributed by atoms with Crippen molar-refractivity contribution in [3.8, 4) is 0 Å². The Hall–Kier alpha value is -1.44. The summed E-state index contributed by atoms with van der Waals surface area (Å²) >= 11 is 0. The maximum Gasteiger partial charge on any atom is 0.243 e. The normalized spacial score (nSPS) is 18.9. The van der Waals surface area contributed by atoms with Gasteiger partial charge in [-0.05, 0) is 48.9 Å². The number of carbonyl (C=O) groups is 1. The number of rotatable bonds is 7. The highest BCUT2D eigenvalue weighted by Gasteiger charge is 2.33. The zero-order chi connectivity index (χ0) is 18.4. The third-order valence-corrected chi connectivity index (χ3v) is 6.64. The summed E-state index contributed by atoms with van der Waals surface area (Å²) in [6.07, 6.45) is 3.08. The van der Waals surface area contributed by atoms with Crippen LogP contribution in [-0.2, 0) is 27.7 Å². The Bertz CT molecular complexity index is 704. The van der Waals surface area contributed by atoms with Crippen molar-refractivity contribution in [2.24, 2.45) is 11.7 Å². The Morgan fingerprint density at radius 3 is 2.64 bits per heavy atom. The number of hydrogen-bond donors (Lipinski definition) is 2. The van der Waals surface area contributed by atoms with E-state index in [4.69, 9.17) is 5.73 Å². The van der Waals surface area contributed by atoms with Gasteiger partial charge in [-0.15, -0.1) is 0 Å². The number of aryl methyl sites for hydroxylation is 2. The van der Waals surface area contributed by atoms with Crippen LogP contribution >= 0.6 is 0 Å². The van der Waals surface area contributed by atoms with Crippen LogP contribution in [0.25, 0.3) is 0 Å². The minimum absolute atomic E-state index is 0.110. The van der Waals surface area contributed by atoms with E-state index in [-0.39, 0.29) is 18.4 Å². The fourth-order valence-corrected chi connectivity index (χ4v) is 4.88. The van der Waals surface area contributed by atoms with Gasteiger partial charge in [0.25, 0.3) is 0 Å². The van der Waals surface area contributed by atoms with Gasteiger partial charge in [-0.25, -0.2) is 8.42 Å². The average molecular weight is 368 g/mol. The summed E-state index contributed by atoms with van der Waals surface area (Å²) in [5.41, 5.74) is 7.66. The van der Waals surface area contributed by atoms with Crippen LogP contribution in [-0.4, -0.2) is 44.8 Å². The molecule has 1 aromatic rings. The Morgan fingerprint density at radius 1 is 1.28 bits per heavy atom. The van der Waals surface area contributed by atoms with Gasteiger partial charge in [0.05, 0.1) is 10.8 Å². The molecule has 0 spiro atoms. The summed E-state index contributed by atoms with van der Waals surface area (Å²) in [6, 6.07) is 5.37. The fourth-order valence-electron chi connectivity index (χ4n) is 3.30. The molecule has 0 aliphatic carbocycles. The van der Waals surface area contributed by atoms with Crippen LogP contribution in [0.5, 0.6) is 0 Å². The zero-order valence-corrected chi connectivity index (χ0v) is 15.9. The number of amides is 1. The number of benzene rings is 1. The maximum absolute atomic E-state index is 13.0. The van der Waals surface area contributed by atoms with Gasteiger partial charge in [0, 0.05) is 26.2 Å². The third kappa shape index (κ3) is 4.59. The summed E-state index contributed by atoms with van der Waals surface area (Å²) in [5.74, 6) is -0.420. The molecule has 0 saturated carbocycles. The van der Waals surface area contributed by atoms with Gasteiger partial charge in [0.2, 0.25) is 15.9 Å². The Morgan fingerprint density at radius 2 is 2.00 bits per heavy atom. The summed E-state index contributed by atoms with van der Waals surface area (Å²) in [6.45, 7) is 5.58. The quantitative estimate of drug-likeness (QED) is 0.759. The fraction of sp³-hybridized carbons (Fsp3) is 0.611. The van der Waals surface area contributed by atoms with E-state index in [2.05, 4.69) is 12.2 Å². The van der Waals surface area contributed by atoms with Crippen molar-refractivity contribution in [3.63, 3.8) is 0 Å². The smallest absolute Gasteiger partial charge is 0.243 e. The molecule has 1 aromatic carbocycles. The number of hydrogen-bond acceptors (Lipinski definition) is 4. The number of nitrogens with zero attached hydrogens (tertiary/aromatic N) is 1. The van der Waals surface area contributed by atoms with Crippen molar-refractivity contribution >= 4 is 15.9 Å². The summed E-state index contributed by atoms with van der Waals surface area (Å²) in [7, 11) is -3.58. The predicted molar refractivity (Wildman–Crippen MR) is 98.7 cm³/mol. The molecule has 25 heavy (non-hydrogen) atoms. The molecule has 7 heteroatoms. The van der Waals surface area contributed by atoms with E-state index >= 15 is 0 Å². The second kappa shape index (κ2) is 8.78. The summed E-state index contributed by atoms with van der Waals surface area (Å²) in [5, 5.41) is 2.76. The molecule has 2 rings (SSSR count). The second-order valence-corrected chi connectivity index (χ2v) is 8.36. The van der Waals surface area contributed by atoms with Crippen LogP contribution in [0.1, 0.15) is 37.8 Å². The largest absolute Gasteiger partial charge is 0.355 e. The molecule has 1 unspecified atom stereocenters. The molecule has 0 bridgehead atoms. The number of nitrogens with two attached hydrogens (primary N) is 1. The van der Waals surface area contributed by atoms with Gasteiger partial charge in [-0.3, -0.25) is 4.79 Å². The van der Waals surface area contributed by atoms with E-state index in [1.807, 2.05) is 13.0 Å². The van der Waals surface area contributed by atoms with Crippen molar-refractivity contribution in [1.82, 2.24) is 9.62 Å². The van der Waals surface area contributed by atoms with Gasteiger partial charge in [0.15, 0.2) is 0 Å². The minimum Gasteiger partial charge on any atom is -0.355 e. The Kier molecular flexibility index (Phi) is 6.98. The number of carbonyl (C=O) groups excluding carboxylic acids is 1. The molecule has 0 aromatic heterocycles. The molecular weight excluding hydrogens is 338 g/mol.